The second-order valence-corrected chi connectivity index (χ2v) is 6.41. The summed E-state index contributed by atoms with van der Waals surface area (Å²) < 4.78 is 0. The molecule has 19 nitrogen and oxygen atoms in total. The molecule has 1 rings (SSSR count). The first-order valence-corrected chi connectivity index (χ1v) is 9.75. The molecule has 0 spiro atoms. The first-order valence-electron chi connectivity index (χ1n) is 9.75. The van der Waals surface area contributed by atoms with Crippen LogP contribution in [0.3, 0.4) is 0 Å². The van der Waals surface area contributed by atoms with Crippen LogP contribution in [0.2, 0.25) is 0 Å². The monoisotopic (exact) mass is 529 g/mol. The Kier molecular flexibility index (Phi) is 26.4. The summed E-state index contributed by atoms with van der Waals surface area (Å²) in [5.41, 5.74) is 28.3. The van der Waals surface area contributed by atoms with Gasteiger partial charge in [-0.25, -0.2) is 0 Å². The number of carbonyl (C=O) groups is 7. The number of carboxylic acids is 5. The molecule has 1 saturated heterocycles. The molecule has 3 atom stereocenters. The van der Waals surface area contributed by atoms with Crippen molar-refractivity contribution in [2.45, 2.75) is 43.8 Å². The van der Waals surface area contributed by atoms with Gasteiger partial charge in [0.05, 0.1) is 25.9 Å². The van der Waals surface area contributed by atoms with Crippen LogP contribution >= 0.6 is 0 Å². The van der Waals surface area contributed by atoms with Gasteiger partial charge in [-0.15, -0.1) is 0 Å². The van der Waals surface area contributed by atoms with Crippen LogP contribution in [-0.2, 0) is 33.6 Å². The van der Waals surface area contributed by atoms with Crippen LogP contribution in [-0.4, -0.2) is 105 Å². The van der Waals surface area contributed by atoms with Crippen molar-refractivity contribution in [3.05, 3.63) is 0 Å². The molecule has 0 unspecified atom stereocenters. The lowest BCUT2D eigenvalue weighted by molar-refractivity contribution is -0.140. The summed E-state index contributed by atoms with van der Waals surface area (Å²) in [5.74, 6) is -6.49. The fourth-order valence-corrected chi connectivity index (χ4v) is 1.50. The molecular formula is C17H35N7O12. The van der Waals surface area contributed by atoms with Crippen molar-refractivity contribution in [2.75, 3.05) is 19.6 Å². The van der Waals surface area contributed by atoms with Crippen LogP contribution in [0, 0.1) is 0 Å². The van der Waals surface area contributed by atoms with Crippen molar-refractivity contribution < 1.29 is 59.1 Å². The van der Waals surface area contributed by atoms with Crippen LogP contribution in [0.4, 0.5) is 0 Å². The molecule has 2 amide bonds. The molecule has 1 aliphatic rings. The number of carbonyl (C=O) groups excluding carboxylic acids is 2. The lowest BCUT2D eigenvalue weighted by atomic mass is 10.2. The van der Waals surface area contributed by atoms with E-state index in [1.54, 1.807) is 0 Å². The summed E-state index contributed by atoms with van der Waals surface area (Å²) in [6.45, 7) is 0.303. The van der Waals surface area contributed by atoms with Gasteiger partial charge in [0.25, 0.3) is 0 Å². The van der Waals surface area contributed by atoms with Crippen LogP contribution < -0.4 is 39.7 Å². The van der Waals surface area contributed by atoms with E-state index in [2.05, 4.69) is 28.3 Å². The Balaban J connectivity index is -0.000000182. The highest BCUT2D eigenvalue weighted by atomic mass is 16.4. The Morgan fingerprint density at radius 1 is 0.722 bits per heavy atom. The van der Waals surface area contributed by atoms with Crippen LogP contribution in [0.25, 0.3) is 0 Å². The normalized spacial score (nSPS) is 14.6. The summed E-state index contributed by atoms with van der Waals surface area (Å²) in [6, 6.07) is -2.60. The van der Waals surface area contributed by atoms with Crippen LogP contribution in [0.1, 0.15) is 25.7 Å². The van der Waals surface area contributed by atoms with Gasteiger partial charge < -0.3 is 65.3 Å². The maximum atomic E-state index is 10.1. The summed E-state index contributed by atoms with van der Waals surface area (Å²) >= 11 is 0. The summed E-state index contributed by atoms with van der Waals surface area (Å²) in [5, 5.41) is 42.6. The van der Waals surface area contributed by atoms with E-state index in [-0.39, 0.29) is 32.0 Å². The predicted octanol–water partition coefficient (Wildman–Crippen LogP) is -5.57. The van der Waals surface area contributed by atoms with E-state index in [1.165, 1.54) is 0 Å². The number of primary amides is 2. The topological polar surface area (TPSA) is 389 Å². The highest BCUT2D eigenvalue weighted by Crippen LogP contribution is 2.03. The fraction of sp³-hybridized carbons (Fsp3) is 0.588. The Bertz CT molecular complexity index is 668. The molecule has 0 aromatic rings. The summed E-state index contributed by atoms with van der Waals surface area (Å²) in [7, 11) is 0. The molecule has 36 heavy (non-hydrogen) atoms. The number of nitrogens with one attached hydrogen (secondary N) is 1. The maximum Gasteiger partial charge on any atom is 0.321 e. The minimum absolute atomic E-state index is 0.269. The van der Waals surface area contributed by atoms with Gasteiger partial charge in [-0.2, -0.15) is 0 Å². The number of nitrogens with two attached hydrogens (primary N) is 6. The van der Waals surface area contributed by atoms with E-state index in [0.29, 0.717) is 0 Å². The third-order valence-electron chi connectivity index (χ3n) is 3.18. The van der Waals surface area contributed by atoms with Gasteiger partial charge in [0, 0.05) is 0 Å². The lowest BCUT2D eigenvalue weighted by Gasteiger charge is -1.99. The van der Waals surface area contributed by atoms with Crippen molar-refractivity contribution >= 4 is 41.7 Å². The zero-order valence-electron chi connectivity index (χ0n) is 19.2. The van der Waals surface area contributed by atoms with Crippen molar-refractivity contribution in [3.8, 4) is 0 Å². The van der Waals surface area contributed by atoms with Crippen molar-refractivity contribution in [2.24, 2.45) is 34.4 Å². The average molecular weight is 530 g/mol. The number of aliphatic carboxylic acids is 5. The molecule has 1 fully saturated rings. The summed E-state index contributed by atoms with van der Waals surface area (Å²) in [4.78, 5) is 68.4. The third-order valence-corrected chi connectivity index (χ3v) is 3.18. The van der Waals surface area contributed by atoms with E-state index in [1.807, 2.05) is 0 Å². The maximum absolute atomic E-state index is 10.1. The zero-order chi connectivity index (χ0) is 29.4. The van der Waals surface area contributed by atoms with Gasteiger partial charge in [0.2, 0.25) is 11.8 Å². The van der Waals surface area contributed by atoms with Gasteiger partial charge >= 0.3 is 29.8 Å². The number of rotatable bonds is 9. The number of amides is 2. The fourth-order valence-electron chi connectivity index (χ4n) is 1.50. The smallest absolute Gasteiger partial charge is 0.321 e. The third kappa shape index (κ3) is 34.7. The molecule has 1 aliphatic heterocycles. The molecule has 0 saturated carbocycles. The molecule has 210 valence electrons. The van der Waals surface area contributed by atoms with Gasteiger partial charge in [-0.1, -0.05) is 0 Å². The van der Waals surface area contributed by atoms with Crippen LogP contribution in [0.5, 0.6) is 0 Å². The molecule has 0 radical (unpaired) electrons. The van der Waals surface area contributed by atoms with Gasteiger partial charge in [-0.05, 0) is 19.4 Å². The first-order chi connectivity index (χ1) is 16.4. The molecule has 0 aromatic heterocycles. The minimum Gasteiger partial charge on any atom is -0.480 e. The highest BCUT2D eigenvalue weighted by molar-refractivity contribution is 5.83. The average Bonchev–Trinajstić information content (AvgIpc) is 3.29. The Labute approximate surface area is 204 Å². The zero-order valence-corrected chi connectivity index (χ0v) is 19.2. The van der Waals surface area contributed by atoms with Crippen molar-refractivity contribution in [3.63, 3.8) is 0 Å². The Morgan fingerprint density at radius 2 is 1.03 bits per heavy atom. The predicted molar refractivity (Wildman–Crippen MR) is 121 cm³/mol. The first kappa shape index (κ1) is 39.3. The number of hydrogen-bond donors (Lipinski definition) is 12. The molecule has 0 aromatic carbocycles. The SMILES string of the molecule is NC(=O)C[C@H](N)C(=O)O.NC(=O)C[C@H](N)C(=O)O.NCC(=O)O.NCC(=O)O.O=C(O)[C@@H]1CCCN1. The van der Waals surface area contributed by atoms with Crippen molar-refractivity contribution in [1.82, 2.24) is 5.32 Å². The standard InChI is InChI=1S/C5H9NO2.2C4H8N2O3.2C2H5NO2/c7-5(8)4-2-1-3-6-4;2*5-2(4(8)9)1-3(6)7;2*3-1-2(4)5/h4,6H,1-3H2,(H,7,8);2*2H,1,5H2,(H2,6,7)(H,8,9);2*1,3H2,(H,4,5)/t4-;2*2-;;/m000../s1. The van der Waals surface area contributed by atoms with Gasteiger partial charge in [0.1, 0.15) is 18.1 Å². The van der Waals surface area contributed by atoms with E-state index in [0.717, 1.165) is 19.4 Å². The molecule has 0 aliphatic carbocycles. The second-order valence-electron chi connectivity index (χ2n) is 6.41. The largest absolute Gasteiger partial charge is 0.480 e. The number of hydrogen-bond acceptors (Lipinski definition) is 12. The van der Waals surface area contributed by atoms with E-state index < -0.39 is 53.7 Å². The van der Waals surface area contributed by atoms with E-state index in [4.69, 9.17) is 37.0 Å². The highest BCUT2D eigenvalue weighted by Gasteiger charge is 2.20. The molecular weight excluding hydrogens is 494 g/mol. The minimum atomic E-state index is -1.21. The molecule has 0 bridgehead atoms. The van der Waals surface area contributed by atoms with Crippen molar-refractivity contribution in [1.29, 1.82) is 0 Å². The van der Waals surface area contributed by atoms with Crippen LogP contribution in [0.15, 0.2) is 0 Å². The molecule has 18 N–H and O–H groups in total. The van der Waals surface area contributed by atoms with Gasteiger partial charge in [-0.3, -0.25) is 33.6 Å². The molecule has 19 heteroatoms. The Hall–Kier alpha value is -3.91. The number of carboxylic acid groups (broad SMARTS) is 5. The molecule has 1 heterocycles. The Morgan fingerprint density at radius 3 is 1.11 bits per heavy atom. The lowest BCUT2D eigenvalue weighted by Crippen LogP contribution is -2.34. The van der Waals surface area contributed by atoms with Gasteiger partial charge in [0.15, 0.2) is 0 Å². The van der Waals surface area contributed by atoms with E-state index >= 15 is 0 Å². The summed E-state index contributed by atoms with van der Waals surface area (Å²) in [6.07, 6.45) is 1.16. The quantitative estimate of drug-likeness (QED) is 0.132. The van der Waals surface area contributed by atoms with E-state index in [9.17, 15) is 33.6 Å². The second kappa shape index (κ2) is 24.2.